The molecule has 0 spiro atoms. The second kappa shape index (κ2) is 5.96. The van der Waals surface area contributed by atoms with Gasteiger partial charge in [0.15, 0.2) is 5.82 Å². The lowest BCUT2D eigenvalue weighted by Crippen LogP contribution is -2.29. The number of amides is 1. The molecule has 3 heterocycles. The molecule has 0 radical (unpaired) electrons. The van der Waals surface area contributed by atoms with Crippen LogP contribution in [0.1, 0.15) is 28.7 Å². The molecule has 0 aliphatic carbocycles. The molecule has 0 saturated carbocycles. The molecule has 2 aromatic heterocycles. The van der Waals surface area contributed by atoms with E-state index in [0.29, 0.717) is 30.5 Å². The van der Waals surface area contributed by atoms with Crippen molar-refractivity contribution < 1.29 is 9.32 Å². The van der Waals surface area contributed by atoms with Crippen molar-refractivity contribution in [3.05, 3.63) is 60.2 Å². The van der Waals surface area contributed by atoms with Crippen LogP contribution < -0.4 is 0 Å². The molecule has 0 bridgehead atoms. The van der Waals surface area contributed by atoms with Crippen molar-refractivity contribution in [2.24, 2.45) is 7.05 Å². The number of aryl methyl sites for hydroxylation is 1. The van der Waals surface area contributed by atoms with Crippen molar-refractivity contribution in [1.82, 2.24) is 19.6 Å². The van der Waals surface area contributed by atoms with Gasteiger partial charge >= 0.3 is 0 Å². The minimum atomic E-state index is 0.0526. The summed E-state index contributed by atoms with van der Waals surface area (Å²) in [5.41, 5.74) is 1.61. The number of aromatic nitrogens is 3. The summed E-state index contributed by atoms with van der Waals surface area (Å²) in [6, 6.07) is 13.4. The van der Waals surface area contributed by atoms with Gasteiger partial charge in [-0.15, -0.1) is 0 Å². The van der Waals surface area contributed by atoms with Gasteiger partial charge in [0, 0.05) is 37.8 Å². The Hall–Kier alpha value is -2.89. The van der Waals surface area contributed by atoms with E-state index < -0.39 is 0 Å². The maximum atomic E-state index is 12.6. The normalized spacial score (nSPS) is 17.4. The van der Waals surface area contributed by atoms with Crippen molar-refractivity contribution in [2.45, 2.75) is 12.3 Å². The van der Waals surface area contributed by atoms with Crippen LogP contribution in [0.25, 0.3) is 11.5 Å². The lowest BCUT2D eigenvalue weighted by atomic mass is 10.1. The molecular weight excluding hydrogens is 304 g/mol. The van der Waals surface area contributed by atoms with Crippen LogP contribution in [-0.4, -0.2) is 38.6 Å². The number of carbonyl (C=O) groups excluding carboxylic acids is 1. The number of rotatable bonds is 3. The maximum Gasteiger partial charge on any atom is 0.270 e. The molecule has 24 heavy (non-hydrogen) atoms. The number of nitrogens with zero attached hydrogens (tertiary/aromatic N) is 4. The highest BCUT2D eigenvalue weighted by atomic mass is 16.5. The summed E-state index contributed by atoms with van der Waals surface area (Å²) in [6.45, 7) is 1.33. The van der Waals surface area contributed by atoms with Crippen LogP contribution in [0.3, 0.4) is 0 Å². The van der Waals surface area contributed by atoms with Crippen LogP contribution in [0.2, 0.25) is 0 Å². The molecule has 0 unspecified atom stereocenters. The fraction of sp³-hybridized carbons (Fsp3) is 0.278. The lowest BCUT2D eigenvalue weighted by molar-refractivity contribution is 0.0781. The maximum absolute atomic E-state index is 12.6. The van der Waals surface area contributed by atoms with Crippen molar-refractivity contribution in [1.29, 1.82) is 0 Å². The Morgan fingerprint density at radius 2 is 2.04 bits per heavy atom. The molecule has 3 aromatic rings. The summed E-state index contributed by atoms with van der Waals surface area (Å²) in [4.78, 5) is 18.9. The van der Waals surface area contributed by atoms with Crippen LogP contribution in [-0.2, 0) is 7.05 Å². The molecule has 1 aliphatic heterocycles. The van der Waals surface area contributed by atoms with E-state index in [0.717, 1.165) is 12.0 Å². The Morgan fingerprint density at radius 1 is 1.21 bits per heavy atom. The summed E-state index contributed by atoms with van der Waals surface area (Å²) in [5.74, 6) is 1.38. The predicted octanol–water partition coefficient (Wildman–Crippen LogP) is 2.70. The summed E-state index contributed by atoms with van der Waals surface area (Å²) in [6.07, 6.45) is 2.73. The zero-order valence-corrected chi connectivity index (χ0v) is 13.4. The predicted molar refractivity (Wildman–Crippen MR) is 88.4 cm³/mol. The van der Waals surface area contributed by atoms with Gasteiger partial charge < -0.3 is 14.0 Å². The lowest BCUT2D eigenvalue weighted by Gasteiger charge is -2.16. The number of likely N-dealkylation sites (tertiary alicyclic amines) is 1. The molecule has 0 N–H and O–H groups in total. The van der Waals surface area contributed by atoms with Gasteiger partial charge in [-0.2, -0.15) is 4.98 Å². The van der Waals surface area contributed by atoms with Gasteiger partial charge in [-0.05, 0) is 30.7 Å². The van der Waals surface area contributed by atoms with Gasteiger partial charge in [0.25, 0.3) is 11.8 Å². The average Bonchev–Trinajstić information content (AvgIpc) is 3.35. The molecule has 4 rings (SSSR count). The van der Waals surface area contributed by atoms with Gasteiger partial charge in [0.05, 0.1) is 0 Å². The van der Waals surface area contributed by atoms with Gasteiger partial charge in [-0.25, -0.2) is 0 Å². The highest BCUT2D eigenvalue weighted by Gasteiger charge is 2.31. The van der Waals surface area contributed by atoms with E-state index in [4.69, 9.17) is 4.52 Å². The zero-order chi connectivity index (χ0) is 16.5. The molecule has 122 valence electrons. The standard InChI is InChI=1S/C18H18N4O2/c1-21-10-5-8-15(21)18(23)22-11-9-14(12-22)16-19-17(24-20-16)13-6-3-2-4-7-13/h2-8,10,14H,9,11-12H2,1H3/t14-/m0/s1. The van der Waals surface area contributed by atoms with Crippen LogP contribution >= 0.6 is 0 Å². The van der Waals surface area contributed by atoms with E-state index in [9.17, 15) is 4.79 Å². The van der Waals surface area contributed by atoms with Crippen molar-refractivity contribution in [2.75, 3.05) is 13.1 Å². The minimum absolute atomic E-state index is 0.0526. The molecule has 1 atom stereocenters. The second-order valence-electron chi connectivity index (χ2n) is 6.06. The van der Waals surface area contributed by atoms with Gasteiger partial charge in [-0.1, -0.05) is 23.4 Å². The Bertz CT molecular complexity index is 853. The Morgan fingerprint density at radius 3 is 2.79 bits per heavy atom. The molecule has 1 aromatic carbocycles. The van der Waals surface area contributed by atoms with E-state index in [1.807, 2.05) is 65.2 Å². The first kappa shape index (κ1) is 14.7. The highest BCUT2D eigenvalue weighted by Crippen LogP contribution is 2.28. The molecule has 1 saturated heterocycles. The first-order chi connectivity index (χ1) is 11.7. The van der Waals surface area contributed by atoms with Crippen LogP contribution in [0.15, 0.2) is 53.2 Å². The summed E-state index contributed by atoms with van der Waals surface area (Å²) in [5, 5.41) is 4.12. The van der Waals surface area contributed by atoms with E-state index in [1.54, 1.807) is 0 Å². The number of carbonyl (C=O) groups is 1. The third kappa shape index (κ3) is 2.60. The summed E-state index contributed by atoms with van der Waals surface area (Å²) >= 11 is 0. The van der Waals surface area contributed by atoms with E-state index in [1.165, 1.54) is 0 Å². The summed E-state index contributed by atoms with van der Waals surface area (Å²) in [7, 11) is 1.88. The minimum Gasteiger partial charge on any atom is -0.347 e. The monoisotopic (exact) mass is 322 g/mol. The zero-order valence-electron chi connectivity index (χ0n) is 13.4. The van der Waals surface area contributed by atoms with Gasteiger partial charge in [0.1, 0.15) is 5.69 Å². The van der Waals surface area contributed by atoms with Gasteiger partial charge in [0.2, 0.25) is 0 Å². The molecule has 6 heteroatoms. The number of hydrogen-bond acceptors (Lipinski definition) is 4. The van der Waals surface area contributed by atoms with E-state index in [2.05, 4.69) is 10.1 Å². The van der Waals surface area contributed by atoms with Crippen LogP contribution in [0, 0.1) is 0 Å². The quantitative estimate of drug-likeness (QED) is 0.744. The summed E-state index contributed by atoms with van der Waals surface area (Å²) < 4.78 is 7.23. The fourth-order valence-electron chi connectivity index (χ4n) is 3.10. The average molecular weight is 322 g/mol. The number of benzene rings is 1. The topological polar surface area (TPSA) is 64.2 Å². The largest absolute Gasteiger partial charge is 0.347 e. The van der Waals surface area contributed by atoms with E-state index >= 15 is 0 Å². The Balaban J connectivity index is 1.49. The Labute approximate surface area is 139 Å². The van der Waals surface area contributed by atoms with E-state index in [-0.39, 0.29) is 11.8 Å². The first-order valence-electron chi connectivity index (χ1n) is 8.02. The van der Waals surface area contributed by atoms with Crippen molar-refractivity contribution in [3.8, 4) is 11.5 Å². The fourth-order valence-corrected chi connectivity index (χ4v) is 3.10. The molecule has 1 fully saturated rings. The molecule has 1 amide bonds. The van der Waals surface area contributed by atoms with Crippen molar-refractivity contribution in [3.63, 3.8) is 0 Å². The third-order valence-corrected chi connectivity index (χ3v) is 4.47. The molecule has 6 nitrogen and oxygen atoms in total. The Kier molecular flexibility index (Phi) is 3.65. The van der Waals surface area contributed by atoms with Crippen molar-refractivity contribution >= 4 is 5.91 Å². The van der Waals surface area contributed by atoms with Gasteiger partial charge in [-0.3, -0.25) is 4.79 Å². The SMILES string of the molecule is Cn1cccc1C(=O)N1CC[C@H](c2noc(-c3ccccc3)n2)C1. The third-order valence-electron chi connectivity index (χ3n) is 4.47. The van der Waals surface area contributed by atoms with Crippen LogP contribution in [0.5, 0.6) is 0 Å². The highest BCUT2D eigenvalue weighted by molar-refractivity contribution is 5.93. The molecule has 1 aliphatic rings. The first-order valence-corrected chi connectivity index (χ1v) is 8.02. The molecular formula is C18H18N4O2. The number of hydrogen-bond donors (Lipinski definition) is 0. The second-order valence-corrected chi connectivity index (χ2v) is 6.06. The van der Waals surface area contributed by atoms with Crippen LogP contribution in [0.4, 0.5) is 0 Å². The smallest absolute Gasteiger partial charge is 0.270 e.